The highest BCUT2D eigenvalue weighted by molar-refractivity contribution is 7.92. The molecule has 0 saturated heterocycles. The maximum atomic E-state index is 13.7. The van der Waals surface area contributed by atoms with Crippen LogP contribution in [0.1, 0.15) is 24.2 Å². The van der Waals surface area contributed by atoms with Crippen molar-refractivity contribution < 1.29 is 32.6 Å². The second-order valence-electron chi connectivity index (χ2n) is 10.4. The van der Waals surface area contributed by atoms with Gasteiger partial charge < -0.3 is 34.3 Å². The van der Waals surface area contributed by atoms with Gasteiger partial charge in [0, 0.05) is 44.1 Å². The van der Waals surface area contributed by atoms with E-state index in [0.717, 1.165) is 0 Å². The van der Waals surface area contributed by atoms with E-state index in [-0.39, 0.29) is 53.7 Å². The van der Waals surface area contributed by atoms with Crippen LogP contribution in [-0.4, -0.2) is 90.8 Å². The highest BCUT2D eigenvalue weighted by atomic mass is 32.2. The molecule has 42 heavy (non-hydrogen) atoms. The summed E-state index contributed by atoms with van der Waals surface area (Å²) in [6.07, 6.45) is 2.20. The Morgan fingerprint density at radius 2 is 1.93 bits per heavy atom. The number of likely N-dealkylation sites (N-methyl/N-ethyl adjacent to an activating group) is 1. The Kier molecular flexibility index (Phi) is 9.27. The number of rotatable bonds is 9. The molecule has 0 saturated carbocycles. The van der Waals surface area contributed by atoms with Gasteiger partial charge >= 0.3 is 6.03 Å². The zero-order valence-electron chi connectivity index (χ0n) is 24.1. The fourth-order valence-electron chi connectivity index (χ4n) is 4.49. The molecule has 0 aliphatic carbocycles. The number of imidazole rings is 1. The van der Waals surface area contributed by atoms with E-state index in [9.17, 15) is 23.1 Å². The number of aliphatic hydroxyl groups is 1. The largest absolute Gasteiger partial charge is 0.497 e. The Morgan fingerprint density at radius 1 is 1.24 bits per heavy atom. The van der Waals surface area contributed by atoms with Gasteiger partial charge in [-0.05, 0) is 49.4 Å². The lowest BCUT2D eigenvalue weighted by Gasteiger charge is -2.38. The van der Waals surface area contributed by atoms with Crippen molar-refractivity contribution >= 4 is 33.3 Å². The van der Waals surface area contributed by atoms with Gasteiger partial charge in [-0.1, -0.05) is 6.92 Å². The van der Waals surface area contributed by atoms with E-state index in [2.05, 4.69) is 15.0 Å². The van der Waals surface area contributed by atoms with Crippen molar-refractivity contribution in [1.82, 2.24) is 19.4 Å². The molecular weight excluding hydrogens is 564 g/mol. The van der Waals surface area contributed by atoms with Crippen LogP contribution >= 0.6 is 0 Å². The van der Waals surface area contributed by atoms with E-state index in [0.29, 0.717) is 11.4 Å². The number of methoxy groups -OCH3 is 1. The number of fused-ring (bicyclic) bond motifs is 1. The first kappa shape index (κ1) is 30.7. The number of nitrogens with one attached hydrogen (secondary N) is 2. The number of anilines is 2. The van der Waals surface area contributed by atoms with Crippen LogP contribution in [0.2, 0.25) is 0 Å². The van der Waals surface area contributed by atoms with Crippen LogP contribution in [-0.2, 0) is 17.1 Å². The predicted octanol–water partition coefficient (Wildman–Crippen LogP) is 2.61. The number of aryl methyl sites for hydroxylation is 1. The lowest BCUT2D eigenvalue weighted by atomic mass is 9.99. The SMILES string of the molecule is COc1ccc(NC(=O)N(C)C[C@@H]2Oc3ccc(NS(=O)(=O)c4cn(C)cn4)cc3C(=O)N([C@H](C)CO)C[C@@H]2C)cc1. The molecule has 3 aromatic rings. The van der Waals surface area contributed by atoms with Crippen LogP contribution in [0.15, 0.2) is 60.0 Å². The number of amides is 3. The van der Waals surface area contributed by atoms with Gasteiger partial charge in [0.2, 0.25) is 0 Å². The fourth-order valence-corrected chi connectivity index (χ4v) is 5.52. The first-order valence-corrected chi connectivity index (χ1v) is 14.8. The molecule has 0 bridgehead atoms. The van der Waals surface area contributed by atoms with E-state index in [1.807, 2.05) is 6.92 Å². The second-order valence-corrected chi connectivity index (χ2v) is 12.0. The van der Waals surface area contributed by atoms with Gasteiger partial charge in [0.25, 0.3) is 15.9 Å². The lowest BCUT2D eigenvalue weighted by Crippen LogP contribution is -2.50. The molecule has 2 heterocycles. The first-order valence-electron chi connectivity index (χ1n) is 13.3. The summed E-state index contributed by atoms with van der Waals surface area (Å²) in [5.41, 5.74) is 0.867. The summed E-state index contributed by atoms with van der Waals surface area (Å²) in [5, 5.41) is 12.6. The molecule has 1 aliphatic heterocycles. The number of nitrogens with zero attached hydrogens (tertiary/aromatic N) is 4. The van der Waals surface area contributed by atoms with E-state index in [4.69, 9.17) is 9.47 Å². The number of hydrogen-bond donors (Lipinski definition) is 3. The number of aliphatic hydroxyl groups excluding tert-OH is 1. The maximum absolute atomic E-state index is 13.7. The van der Waals surface area contributed by atoms with Gasteiger partial charge in [0.1, 0.15) is 17.6 Å². The van der Waals surface area contributed by atoms with Crippen molar-refractivity contribution in [3.63, 3.8) is 0 Å². The molecule has 3 atom stereocenters. The monoisotopic (exact) mass is 600 g/mol. The van der Waals surface area contributed by atoms with E-state index in [1.54, 1.807) is 52.4 Å². The number of urea groups is 1. The van der Waals surface area contributed by atoms with Gasteiger partial charge in [0.05, 0.1) is 38.2 Å². The third-order valence-corrected chi connectivity index (χ3v) is 8.28. The Bertz CT molecular complexity index is 1530. The summed E-state index contributed by atoms with van der Waals surface area (Å²) in [4.78, 5) is 33.6. The Labute approximate surface area is 245 Å². The van der Waals surface area contributed by atoms with Crippen LogP contribution in [0.4, 0.5) is 16.2 Å². The molecule has 14 heteroatoms. The van der Waals surface area contributed by atoms with Gasteiger partial charge in [-0.25, -0.2) is 9.78 Å². The fraction of sp³-hybridized carbons (Fsp3) is 0.393. The normalized spacial score (nSPS) is 17.8. The third-order valence-electron chi connectivity index (χ3n) is 7.02. The Balaban J connectivity index is 1.59. The summed E-state index contributed by atoms with van der Waals surface area (Å²) in [6, 6.07) is 10.5. The summed E-state index contributed by atoms with van der Waals surface area (Å²) in [7, 11) is 0.852. The zero-order chi connectivity index (χ0) is 30.6. The van der Waals surface area contributed by atoms with Crippen molar-refractivity contribution in [2.24, 2.45) is 13.0 Å². The number of ether oxygens (including phenoxy) is 2. The van der Waals surface area contributed by atoms with Gasteiger partial charge in [0.15, 0.2) is 5.03 Å². The quantitative estimate of drug-likeness (QED) is 0.339. The van der Waals surface area contributed by atoms with E-state index in [1.165, 1.54) is 45.1 Å². The number of benzene rings is 2. The molecule has 3 amide bonds. The smallest absolute Gasteiger partial charge is 0.321 e. The molecule has 3 N–H and O–H groups in total. The molecule has 2 aromatic carbocycles. The predicted molar refractivity (Wildman–Crippen MR) is 156 cm³/mol. The van der Waals surface area contributed by atoms with Crippen molar-refractivity contribution in [2.75, 3.05) is 43.9 Å². The molecule has 4 rings (SSSR count). The minimum atomic E-state index is -4.01. The van der Waals surface area contributed by atoms with Crippen LogP contribution in [0.25, 0.3) is 0 Å². The third kappa shape index (κ3) is 6.94. The van der Waals surface area contributed by atoms with Gasteiger partial charge in [-0.15, -0.1) is 0 Å². The highest BCUT2D eigenvalue weighted by Crippen LogP contribution is 2.31. The minimum Gasteiger partial charge on any atom is -0.497 e. The van der Waals surface area contributed by atoms with E-state index >= 15 is 0 Å². The lowest BCUT2D eigenvalue weighted by molar-refractivity contribution is 0.0371. The molecule has 0 spiro atoms. The number of hydrogen-bond acceptors (Lipinski definition) is 8. The standard InChI is InChI=1S/C28H36N6O7S/c1-18-13-34(19(2)16-35)27(36)23-12-21(31-42(38,39)26-15-32(3)17-29-26)8-11-24(23)41-25(18)14-33(4)28(37)30-20-6-9-22(40-5)10-7-20/h6-12,15,17-19,25,31,35H,13-14,16H2,1-5H3,(H,30,37)/t18-,19+,25-/m0/s1. The summed E-state index contributed by atoms with van der Waals surface area (Å²) in [6.45, 7) is 3.79. The van der Waals surface area contributed by atoms with Crippen LogP contribution in [0, 0.1) is 5.92 Å². The number of carbonyl (C=O) groups is 2. The second kappa shape index (κ2) is 12.7. The number of aromatic nitrogens is 2. The molecule has 0 radical (unpaired) electrons. The van der Waals surface area contributed by atoms with Gasteiger partial charge in [-0.3, -0.25) is 9.52 Å². The highest BCUT2D eigenvalue weighted by Gasteiger charge is 2.34. The van der Waals surface area contributed by atoms with Crippen LogP contribution < -0.4 is 19.5 Å². The maximum Gasteiger partial charge on any atom is 0.321 e. The van der Waals surface area contributed by atoms with Crippen molar-refractivity contribution in [2.45, 2.75) is 31.0 Å². The average Bonchev–Trinajstić information content (AvgIpc) is 3.42. The van der Waals surface area contributed by atoms with Gasteiger partial charge in [-0.2, -0.15) is 8.42 Å². The van der Waals surface area contributed by atoms with Crippen molar-refractivity contribution in [1.29, 1.82) is 0 Å². The minimum absolute atomic E-state index is 0.124. The summed E-state index contributed by atoms with van der Waals surface area (Å²) < 4.78 is 41.2. The van der Waals surface area contributed by atoms with Crippen LogP contribution in [0.5, 0.6) is 11.5 Å². The van der Waals surface area contributed by atoms with Crippen LogP contribution in [0.3, 0.4) is 0 Å². The van der Waals surface area contributed by atoms with E-state index < -0.39 is 28.1 Å². The number of sulfonamides is 1. The molecule has 0 fully saturated rings. The Morgan fingerprint density at radius 3 is 2.55 bits per heavy atom. The molecule has 13 nitrogen and oxygen atoms in total. The Hall–Kier alpha value is -4.30. The molecule has 0 unspecified atom stereocenters. The topological polar surface area (TPSA) is 155 Å². The molecule has 1 aromatic heterocycles. The number of carbonyl (C=O) groups excluding carboxylic acids is 2. The zero-order valence-corrected chi connectivity index (χ0v) is 25.0. The summed E-state index contributed by atoms with van der Waals surface area (Å²) >= 11 is 0. The molecular formula is C28H36N6O7S. The summed E-state index contributed by atoms with van der Waals surface area (Å²) in [5.74, 6) is 0.258. The van der Waals surface area contributed by atoms with Crippen molar-refractivity contribution in [3.05, 3.63) is 60.6 Å². The molecule has 226 valence electrons. The first-order chi connectivity index (χ1) is 19.9. The average molecular weight is 601 g/mol. The van der Waals surface area contributed by atoms with Crippen molar-refractivity contribution in [3.8, 4) is 11.5 Å². The molecule has 1 aliphatic rings.